The number of fused-ring (bicyclic) bond motifs is 4. The van der Waals surface area contributed by atoms with Gasteiger partial charge in [-0.25, -0.2) is 0 Å². The highest BCUT2D eigenvalue weighted by Gasteiger charge is 2.44. The van der Waals surface area contributed by atoms with Crippen LogP contribution in [0.4, 0.5) is 45.5 Å². The quantitative estimate of drug-likeness (QED) is 0.148. The van der Waals surface area contributed by atoms with Crippen molar-refractivity contribution in [1.82, 2.24) is 0 Å². The van der Waals surface area contributed by atoms with Crippen LogP contribution >= 0.6 is 0 Å². The molecule has 0 saturated carbocycles. The minimum Gasteiger partial charge on any atom is -0.334 e. The lowest BCUT2D eigenvalue weighted by Crippen LogP contribution is -2.61. The molecule has 0 aromatic heterocycles. The van der Waals surface area contributed by atoms with Gasteiger partial charge in [0, 0.05) is 45.5 Å². The maximum atomic E-state index is 2.53. The van der Waals surface area contributed by atoms with Crippen molar-refractivity contribution in [3.63, 3.8) is 0 Å². The molecule has 3 nitrogen and oxygen atoms in total. The van der Waals surface area contributed by atoms with E-state index in [-0.39, 0.29) is 18.2 Å². The Bertz CT molecular complexity index is 3000. The SMILES string of the molecule is CC1C=CC=CC1N(c1ccccc1)c1ccc2c(c1)N(c1ccc(C(C)(C)C)cc1)c1cccc3c1B2c1cc(-c2ccccc2)ccc1N3c1ccc(-c2ccccc2)cc1. The first-order chi connectivity index (χ1) is 30.8. The first kappa shape index (κ1) is 38.6. The van der Waals surface area contributed by atoms with E-state index in [1.165, 1.54) is 78.3 Å². The molecular formula is C59H50BN3. The summed E-state index contributed by atoms with van der Waals surface area (Å²) in [5, 5.41) is 0. The van der Waals surface area contributed by atoms with Crippen LogP contribution in [0, 0.1) is 5.92 Å². The first-order valence-electron chi connectivity index (χ1n) is 22.3. The topological polar surface area (TPSA) is 9.72 Å². The molecule has 8 aromatic carbocycles. The number of para-hydroxylation sites is 1. The largest absolute Gasteiger partial charge is 0.334 e. The zero-order valence-electron chi connectivity index (χ0n) is 36.4. The van der Waals surface area contributed by atoms with Gasteiger partial charge in [0.15, 0.2) is 0 Å². The second-order valence-corrected chi connectivity index (χ2v) is 18.2. The number of allylic oxidation sites excluding steroid dienone is 2. The molecule has 2 aliphatic heterocycles. The predicted molar refractivity (Wildman–Crippen MR) is 270 cm³/mol. The Morgan fingerprint density at radius 2 is 1.00 bits per heavy atom. The van der Waals surface area contributed by atoms with Crippen molar-refractivity contribution < 1.29 is 0 Å². The highest BCUT2D eigenvalue weighted by Crippen LogP contribution is 2.46. The van der Waals surface area contributed by atoms with Gasteiger partial charge in [-0.3, -0.25) is 0 Å². The smallest absolute Gasteiger partial charge is 0.252 e. The molecule has 3 aliphatic rings. The second kappa shape index (κ2) is 15.6. The Kier molecular flexibility index (Phi) is 9.54. The third-order valence-corrected chi connectivity index (χ3v) is 13.3. The third kappa shape index (κ3) is 6.78. The van der Waals surface area contributed by atoms with Crippen LogP contribution in [0.5, 0.6) is 0 Å². The van der Waals surface area contributed by atoms with Crippen molar-refractivity contribution in [3.8, 4) is 22.3 Å². The average molecular weight is 812 g/mol. The summed E-state index contributed by atoms with van der Waals surface area (Å²) in [6.07, 6.45) is 9.05. The minimum atomic E-state index is -0.00883. The van der Waals surface area contributed by atoms with Crippen LogP contribution < -0.4 is 31.1 Å². The molecule has 0 amide bonds. The minimum absolute atomic E-state index is 0.00883. The van der Waals surface area contributed by atoms with Gasteiger partial charge in [-0.15, -0.1) is 0 Å². The summed E-state index contributed by atoms with van der Waals surface area (Å²) in [6.45, 7) is 9.19. The second-order valence-electron chi connectivity index (χ2n) is 18.2. The van der Waals surface area contributed by atoms with Crippen LogP contribution in [0.25, 0.3) is 22.3 Å². The standard InChI is InChI=1S/C59H50BN3/c1-41-17-14-15-24-53(41)61(47-22-12-7-13-23-47)50-36-37-51-57(40-50)63(49-34-30-46(31-35-49)59(2,3)4)56-26-16-25-55-58(56)60(51)52-39-45(43-20-10-6-11-21-43)29-38-54(52)62(55)48-32-27-44(28-33-48)42-18-8-5-9-19-42/h5-41,53H,1-4H3. The van der Waals surface area contributed by atoms with E-state index in [9.17, 15) is 0 Å². The van der Waals surface area contributed by atoms with Crippen molar-refractivity contribution >= 4 is 68.6 Å². The van der Waals surface area contributed by atoms with Crippen LogP contribution in [0.1, 0.15) is 33.3 Å². The van der Waals surface area contributed by atoms with Gasteiger partial charge in [-0.05, 0) is 122 Å². The molecule has 0 fully saturated rings. The lowest BCUT2D eigenvalue weighted by Gasteiger charge is -2.45. The van der Waals surface area contributed by atoms with Gasteiger partial charge < -0.3 is 14.7 Å². The van der Waals surface area contributed by atoms with Gasteiger partial charge in [0.25, 0.3) is 6.71 Å². The summed E-state index contributed by atoms with van der Waals surface area (Å²) < 4.78 is 0. The van der Waals surface area contributed by atoms with E-state index in [1.807, 2.05) is 0 Å². The molecule has 11 rings (SSSR count). The van der Waals surface area contributed by atoms with Gasteiger partial charge in [0.05, 0.1) is 6.04 Å². The Hall–Kier alpha value is -7.30. The fourth-order valence-electron chi connectivity index (χ4n) is 10.1. The molecule has 0 bridgehead atoms. The molecular weight excluding hydrogens is 761 g/mol. The predicted octanol–water partition coefficient (Wildman–Crippen LogP) is 13.7. The van der Waals surface area contributed by atoms with Crippen molar-refractivity contribution in [2.24, 2.45) is 5.92 Å². The molecule has 0 radical (unpaired) electrons. The molecule has 2 atom stereocenters. The summed E-state index contributed by atoms with van der Waals surface area (Å²) in [4.78, 5) is 7.56. The van der Waals surface area contributed by atoms with Crippen molar-refractivity contribution in [2.75, 3.05) is 14.7 Å². The highest BCUT2D eigenvalue weighted by atomic mass is 15.2. The van der Waals surface area contributed by atoms with E-state index in [4.69, 9.17) is 0 Å². The summed E-state index contributed by atoms with van der Waals surface area (Å²) in [5.74, 6) is 0.324. The average Bonchev–Trinajstić information content (AvgIpc) is 3.33. The number of rotatable bonds is 7. The number of benzene rings is 8. The van der Waals surface area contributed by atoms with E-state index in [2.05, 4.69) is 261 Å². The molecule has 0 spiro atoms. The Morgan fingerprint density at radius 3 is 1.63 bits per heavy atom. The molecule has 0 saturated heterocycles. The van der Waals surface area contributed by atoms with Crippen LogP contribution in [0.2, 0.25) is 0 Å². The Morgan fingerprint density at radius 1 is 0.444 bits per heavy atom. The fraction of sp³-hybridized carbons (Fsp3) is 0.119. The van der Waals surface area contributed by atoms with E-state index < -0.39 is 0 Å². The molecule has 304 valence electrons. The monoisotopic (exact) mass is 811 g/mol. The van der Waals surface area contributed by atoms with Crippen LogP contribution in [0.3, 0.4) is 0 Å². The molecule has 2 unspecified atom stereocenters. The van der Waals surface area contributed by atoms with Gasteiger partial charge in [-0.2, -0.15) is 0 Å². The van der Waals surface area contributed by atoms with Gasteiger partial charge in [0.2, 0.25) is 0 Å². The number of hydrogen-bond donors (Lipinski definition) is 0. The van der Waals surface area contributed by atoms with Crippen LogP contribution in [0.15, 0.2) is 218 Å². The number of anilines is 8. The summed E-state index contributed by atoms with van der Waals surface area (Å²) in [7, 11) is 0. The zero-order valence-corrected chi connectivity index (χ0v) is 36.4. The van der Waals surface area contributed by atoms with E-state index in [0.717, 1.165) is 11.4 Å². The van der Waals surface area contributed by atoms with Crippen LogP contribution in [-0.4, -0.2) is 12.8 Å². The molecule has 2 heterocycles. The highest BCUT2D eigenvalue weighted by molar-refractivity contribution is 7.00. The maximum Gasteiger partial charge on any atom is 0.252 e. The lowest BCUT2D eigenvalue weighted by atomic mass is 9.33. The van der Waals surface area contributed by atoms with E-state index in [1.54, 1.807) is 0 Å². The zero-order chi connectivity index (χ0) is 42.7. The Balaban J connectivity index is 1.16. The molecule has 8 aromatic rings. The fourth-order valence-corrected chi connectivity index (χ4v) is 10.1. The number of hydrogen-bond acceptors (Lipinski definition) is 3. The van der Waals surface area contributed by atoms with Crippen molar-refractivity contribution in [1.29, 1.82) is 0 Å². The normalized spacial score (nSPS) is 16.0. The van der Waals surface area contributed by atoms with Crippen molar-refractivity contribution in [3.05, 3.63) is 224 Å². The third-order valence-electron chi connectivity index (χ3n) is 13.3. The number of nitrogens with zero attached hydrogens (tertiary/aromatic N) is 3. The van der Waals surface area contributed by atoms with Gasteiger partial charge in [0.1, 0.15) is 0 Å². The molecule has 63 heavy (non-hydrogen) atoms. The Labute approximate surface area is 373 Å². The van der Waals surface area contributed by atoms with Gasteiger partial charge in [-0.1, -0.05) is 179 Å². The summed E-state index contributed by atoms with van der Waals surface area (Å²) in [6, 6.07) is 72.2. The molecule has 4 heteroatoms. The first-order valence-corrected chi connectivity index (χ1v) is 22.3. The van der Waals surface area contributed by atoms with Crippen LogP contribution in [-0.2, 0) is 5.41 Å². The van der Waals surface area contributed by atoms with E-state index >= 15 is 0 Å². The van der Waals surface area contributed by atoms with Crippen molar-refractivity contribution in [2.45, 2.75) is 39.2 Å². The summed E-state index contributed by atoms with van der Waals surface area (Å²) >= 11 is 0. The lowest BCUT2D eigenvalue weighted by molar-refractivity contribution is 0.590. The summed E-state index contributed by atoms with van der Waals surface area (Å²) in [5.41, 5.74) is 19.6. The van der Waals surface area contributed by atoms with E-state index in [0.29, 0.717) is 5.92 Å². The molecule has 1 aliphatic carbocycles. The maximum absolute atomic E-state index is 2.53. The molecule has 0 N–H and O–H groups in total. The van der Waals surface area contributed by atoms with Gasteiger partial charge >= 0.3 is 0 Å².